The largest absolute Gasteiger partial charge is 0.497 e. The lowest BCUT2D eigenvalue weighted by atomic mass is 9.80. The predicted octanol–water partition coefficient (Wildman–Crippen LogP) is 7.65. The molecule has 0 bridgehead atoms. The smallest absolute Gasteiger partial charge is 0.143 e. The van der Waals surface area contributed by atoms with Crippen molar-refractivity contribution < 1.29 is 28.8 Å². The van der Waals surface area contributed by atoms with Gasteiger partial charge in [0.1, 0.15) is 35.4 Å². The van der Waals surface area contributed by atoms with Crippen LogP contribution in [0.1, 0.15) is 39.5 Å². The summed E-state index contributed by atoms with van der Waals surface area (Å²) in [6.45, 7) is 0.408. The Kier molecular flexibility index (Phi) is 11.9. The lowest BCUT2D eigenvalue weighted by Gasteiger charge is -2.38. The molecule has 0 aliphatic carbocycles. The van der Waals surface area contributed by atoms with Crippen molar-refractivity contribution in [2.24, 2.45) is 7.05 Å². The van der Waals surface area contributed by atoms with Crippen LogP contribution in [0.5, 0.6) is 11.5 Å². The van der Waals surface area contributed by atoms with Crippen LogP contribution < -0.4 is 9.47 Å². The molecule has 8 heteroatoms. The predicted molar refractivity (Wildman–Crippen MR) is 196 cm³/mol. The van der Waals surface area contributed by atoms with Crippen molar-refractivity contribution in [2.45, 2.75) is 37.1 Å². The zero-order valence-corrected chi connectivity index (χ0v) is 29.2. The Bertz CT molecular complexity index is 1800. The Morgan fingerprint density at radius 1 is 0.627 bits per heavy atom. The van der Waals surface area contributed by atoms with Crippen molar-refractivity contribution >= 4 is 0 Å². The van der Waals surface area contributed by atoms with E-state index in [1.54, 1.807) is 25.1 Å². The molecule has 1 aromatic heterocycles. The highest BCUT2D eigenvalue weighted by atomic mass is 16.6. The summed E-state index contributed by atoms with van der Waals surface area (Å²) in [5.41, 5.74) is 4.41. The molecule has 0 amide bonds. The molecule has 51 heavy (non-hydrogen) atoms. The molecule has 0 fully saturated rings. The topological polar surface area (TPSA) is 84.2 Å². The normalized spacial score (nSPS) is 13.3. The maximum atomic E-state index is 12.3. The van der Waals surface area contributed by atoms with Crippen LogP contribution >= 0.6 is 0 Å². The van der Waals surface area contributed by atoms with Gasteiger partial charge in [-0.1, -0.05) is 115 Å². The average Bonchev–Trinajstić information content (AvgIpc) is 3.63. The number of hydrogen-bond donors (Lipinski definition) is 1. The summed E-state index contributed by atoms with van der Waals surface area (Å²) < 4.78 is 32.8. The fourth-order valence-corrected chi connectivity index (χ4v) is 6.26. The zero-order valence-electron chi connectivity index (χ0n) is 29.2. The molecule has 0 spiro atoms. The number of ether oxygens (including phenoxy) is 5. The Morgan fingerprint density at radius 2 is 1.08 bits per heavy atom. The second kappa shape index (κ2) is 17.1. The van der Waals surface area contributed by atoms with Crippen LogP contribution in [0.4, 0.5) is 0 Å². The second-order valence-electron chi connectivity index (χ2n) is 12.3. The Labute approximate surface area is 299 Å². The van der Waals surface area contributed by atoms with Crippen LogP contribution in [0.2, 0.25) is 0 Å². The van der Waals surface area contributed by atoms with Crippen LogP contribution in [0.25, 0.3) is 0 Å². The number of aliphatic hydroxyl groups excluding tert-OH is 1. The molecule has 3 atom stereocenters. The van der Waals surface area contributed by atoms with E-state index in [1.807, 2.05) is 116 Å². The Morgan fingerprint density at radius 3 is 1.49 bits per heavy atom. The maximum Gasteiger partial charge on any atom is 0.143 e. The van der Waals surface area contributed by atoms with Gasteiger partial charge in [-0.25, -0.2) is 0 Å². The molecule has 8 nitrogen and oxygen atoms in total. The summed E-state index contributed by atoms with van der Waals surface area (Å²) in [5, 5.41) is 16.7. The molecule has 0 saturated heterocycles. The second-order valence-corrected chi connectivity index (χ2v) is 12.3. The van der Waals surface area contributed by atoms with E-state index in [9.17, 15) is 5.11 Å². The van der Waals surface area contributed by atoms with Crippen LogP contribution in [0, 0.1) is 0 Å². The van der Waals surface area contributed by atoms with Crippen molar-refractivity contribution in [1.29, 1.82) is 0 Å². The van der Waals surface area contributed by atoms with Gasteiger partial charge in [0.25, 0.3) is 0 Å². The van der Waals surface area contributed by atoms with E-state index in [2.05, 4.69) is 41.5 Å². The minimum absolute atomic E-state index is 0.0748. The third-order valence-electron chi connectivity index (χ3n) is 8.93. The van der Waals surface area contributed by atoms with Gasteiger partial charge in [-0.05, 0) is 52.1 Å². The van der Waals surface area contributed by atoms with Gasteiger partial charge in [0.15, 0.2) is 0 Å². The molecule has 0 radical (unpaired) electrons. The highest BCUT2D eigenvalue weighted by Crippen LogP contribution is 2.41. The first-order chi connectivity index (χ1) is 25.0. The van der Waals surface area contributed by atoms with Crippen LogP contribution in [0.3, 0.4) is 0 Å². The Balaban J connectivity index is 1.36. The van der Waals surface area contributed by atoms with Gasteiger partial charge in [-0.3, -0.25) is 4.68 Å². The molecule has 1 heterocycles. The minimum Gasteiger partial charge on any atom is -0.497 e. The molecule has 5 aromatic carbocycles. The van der Waals surface area contributed by atoms with E-state index in [0.29, 0.717) is 0 Å². The van der Waals surface area contributed by atoms with Crippen molar-refractivity contribution in [3.05, 3.63) is 185 Å². The van der Waals surface area contributed by atoms with Gasteiger partial charge in [0, 0.05) is 18.8 Å². The van der Waals surface area contributed by atoms with Gasteiger partial charge in [-0.2, -0.15) is 5.10 Å². The average molecular weight is 685 g/mol. The fraction of sp³-hybridized carbons (Fsp3) is 0.233. The SMILES string of the molecule is COc1ccc(CO[C@@H]([C@H](O)COC(c2ccccc2)(c2ccccc2)c2ccccc2)[C@H](OCc2ccc(OC)cc2)c2cnn(C)c2)cc1. The van der Waals surface area contributed by atoms with E-state index in [-0.39, 0.29) is 19.8 Å². The zero-order chi connectivity index (χ0) is 35.5. The van der Waals surface area contributed by atoms with Crippen molar-refractivity contribution in [2.75, 3.05) is 20.8 Å². The number of aliphatic hydroxyl groups is 1. The highest BCUT2D eigenvalue weighted by Gasteiger charge is 2.40. The van der Waals surface area contributed by atoms with Crippen molar-refractivity contribution in [3.8, 4) is 11.5 Å². The molecular weight excluding hydrogens is 640 g/mol. The van der Waals surface area contributed by atoms with Crippen molar-refractivity contribution in [3.63, 3.8) is 0 Å². The monoisotopic (exact) mass is 684 g/mol. The molecule has 0 aliphatic heterocycles. The lowest BCUT2D eigenvalue weighted by Crippen LogP contribution is -2.42. The summed E-state index contributed by atoms with van der Waals surface area (Å²) in [4.78, 5) is 0. The molecule has 0 aliphatic rings. The maximum absolute atomic E-state index is 12.3. The van der Waals surface area contributed by atoms with E-state index in [4.69, 9.17) is 23.7 Å². The minimum atomic E-state index is -1.13. The third-order valence-corrected chi connectivity index (χ3v) is 8.93. The number of hydrogen-bond acceptors (Lipinski definition) is 7. The number of methoxy groups -OCH3 is 2. The van der Waals surface area contributed by atoms with Gasteiger partial charge in [-0.15, -0.1) is 0 Å². The molecular formula is C43H44N2O6. The summed E-state index contributed by atoms with van der Waals surface area (Å²) in [7, 11) is 5.13. The Hall–Kier alpha value is -5.25. The van der Waals surface area contributed by atoms with Gasteiger partial charge in [0.2, 0.25) is 0 Å². The molecule has 6 aromatic rings. The van der Waals surface area contributed by atoms with Gasteiger partial charge < -0.3 is 28.8 Å². The number of benzene rings is 5. The molecule has 0 unspecified atom stereocenters. The van der Waals surface area contributed by atoms with Gasteiger partial charge >= 0.3 is 0 Å². The third kappa shape index (κ3) is 8.56. The van der Waals surface area contributed by atoms with Crippen LogP contribution in [-0.2, 0) is 40.1 Å². The molecule has 0 saturated carbocycles. The lowest BCUT2D eigenvalue weighted by molar-refractivity contribution is -0.158. The first-order valence-electron chi connectivity index (χ1n) is 17.0. The van der Waals surface area contributed by atoms with Crippen LogP contribution in [-0.4, -0.2) is 47.9 Å². The number of rotatable bonds is 17. The summed E-state index contributed by atoms with van der Waals surface area (Å²) in [6.07, 6.45) is 0.961. The summed E-state index contributed by atoms with van der Waals surface area (Å²) >= 11 is 0. The van der Waals surface area contributed by atoms with E-state index in [1.165, 1.54) is 0 Å². The van der Waals surface area contributed by atoms with Gasteiger partial charge in [0.05, 0.1) is 40.2 Å². The van der Waals surface area contributed by atoms with Crippen LogP contribution in [0.15, 0.2) is 152 Å². The number of aryl methyl sites for hydroxylation is 1. The van der Waals surface area contributed by atoms with E-state index in [0.717, 1.165) is 44.9 Å². The summed E-state index contributed by atoms with van der Waals surface area (Å²) in [6, 6.07) is 45.7. The van der Waals surface area contributed by atoms with E-state index < -0.39 is 23.9 Å². The summed E-state index contributed by atoms with van der Waals surface area (Å²) in [5.74, 6) is 1.51. The molecule has 262 valence electrons. The van der Waals surface area contributed by atoms with Crippen molar-refractivity contribution in [1.82, 2.24) is 9.78 Å². The molecule has 6 rings (SSSR count). The number of nitrogens with zero attached hydrogens (tertiary/aromatic N) is 2. The standard InChI is InChI=1S/C43H44N2O6/c1-45-28-34(27-44-45)41(49-29-32-19-23-38(47-2)24-20-32)42(50-30-33-21-25-39(48-3)26-22-33)40(46)31-51-43(35-13-7-4-8-14-35,36-15-9-5-10-16-36)37-17-11-6-12-18-37/h4-28,40-42,46H,29-31H2,1-3H3/t40-,41-,42+/m1/s1. The van der Waals surface area contributed by atoms with E-state index >= 15 is 0 Å². The fourth-order valence-electron chi connectivity index (χ4n) is 6.26. The quantitative estimate of drug-likeness (QED) is 0.0989. The number of aromatic nitrogens is 2. The molecule has 1 N–H and O–H groups in total. The first kappa shape index (κ1) is 35.6. The first-order valence-corrected chi connectivity index (χ1v) is 17.0. The highest BCUT2D eigenvalue weighted by molar-refractivity contribution is 5.47.